The third-order valence-corrected chi connectivity index (χ3v) is 8.01. The highest BCUT2D eigenvalue weighted by atomic mass is 16.2. The minimum atomic E-state index is -1.02. The average molecular weight is 582 g/mol. The van der Waals surface area contributed by atoms with Gasteiger partial charge in [-0.25, -0.2) is 4.98 Å². The Labute approximate surface area is 249 Å². The summed E-state index contributed by atoms with van der Waals surface area (Å²) in [6, 6.07) is 12.9. The van der Waals surface area contributed by atoms with Gasteiger partial charge < -0.3 is 21.3 Å². The molecule has 4 unspecified atom stereocenters. The lowest BCUT2D eigenvalue weighted by Gasteiger charge is -2.26. The van der Waals surface area contributed by atoms with E-state index < -0.39 is 35.8 Å². The van der Waals surface area contributed by atoms with Gasteiger partial charge in [0.25, 0.3) is 5.91 Å². The lowest BCUT2D eigenvalue weighted by molar-refractivity contribution is -0.130. The molecule has 222 valence electrons. The van der Waals surface area contributed by atoms with Crippen molar-refractivity contribution >= 4 is 34.4 Å². The Bertz CT molecular complexity index is 1510. The molecule has 2 aromatic carbocycles. The number of piperidine rings is 1. The quantitative estimate of drug-likeness (QED) is 0.254. The lowest BCUT2D eigenvalue weighted by Crippen LogP contribution is -2.55. The summed E-state index contributed by atoms with van der Waals surface area (Å²) in [5, 5.41) is 22.9. The van der Waals surface area contributed by atoms with Gasteiger partial charge in [-0.2, -0.15) is 5.26 Å². The van der Waals surface area contributed by atoms with Crippen LogP contribution in [0.5, 0.6) is 0 Å². The number of nitrogens with zero attached hydrogens (tertiary/aromatic N) is 3. The Morgan fingerprint density at radius 1 is 0.953 bits per heavy atom. The van der Waals surface area contributed by atoms with Gasteiger partial charge in [0.15, 0.2) is 0 Å². The van der Waals surface area contributed by atoms with Gasteiger partial charge in [0.05, 0.1) is 12.3 Å². The van der Waals surface area contributed by atoms with Crippen molar-refractivity contribution in [1.29, 1.82) is 5.26 Å². The predicted octanol–water partition coefficient (Wildman–Crippen LogP) is 2.18. The zero-order chi connectivity index (χ0) is 30.2. The van der Waals surface area contributed by atoms with Gasteiger partial charge in [-0.3, -0.25) is 24.2 Å². The number of aromatic nitrogens is 2. The number of carbonyl (C=O) groups is 4. The van der Waals surface area contributed by atoms with Crippen LogP contribution in [0.2, 0.25) is 0 Å². The van der Waals surface area contributed by atoms with Crippen molar-refractivity contribution < 1.29 is 19.2 Å². The van der Waals surface area contributed by atoms with Crippen molar-refractivity contribution in [2.75, 3.05) is 6.54 Å². The molecule has 5 rings (SSSR count). The molecule has 11 nitrogen and oxygen atoms in total. The van der Waals surface area contributed by atoms with Crippen molar-refractivity contribution in [3.8, 4) is 6.07 Å². The largest absolute Gasteiger partial charge is 0.356 e. The molecule has 2 fully saturated rings. The molecule has 0 radical (unpaired) electrons. The minimum Gasteiger partial charge on any atom is -0.356 e. The molecule has 3 aromatic rings. The monoisotopic (exact) mass is 581 g/mol. The first kappa shape index (κ1) is 29.6. The van der Waals surface area contributed by atoms with Crippen molar-refractivity contribution in [2.24, 2.45) is 11.8 Å². The van der Waals surface area contributed by atoms with Gasteiger partial charge in [0, 0.05) is 31.3 Å². The molecule has 43 heavy (non-hydrogen) atoms. The van der Waals surface area contributed by atoms with Crippen LogP contribution in [0.1, 0.15) is 54.6 Å². The molecule has 0 bridgehead atoms. The molecule has 11 heteroatoms. The average Bonchev–Trinajstić information content (AvgIpc) is 3.85. The zero-order valence-electron chi connectivity index (χ0n) is 23.8. The molecule has 2 heterocycles. The number of hydrogen-bond donors (Lipinski definition) is 4. The number of carbonyl (C=O) groups excluding carboxylic acids is 4. The molecular formula is C32H35N7O4. The number of nitriles is 1. The summed E-state index contributed by atoms with van der Waals surface area (Å²) in [6.07, 6.45) is 8.34. The first-order valence-electron chi connectivity index (χ1n) is 14.7. The molecule has 2 aliphatic rings. The van der Waals surface area contributed by atoms with E-state index >= 15 is 0 Å². The summed E-state index contributed by atoms with van der Waals surface area (Å²) in [4.78, 5) is 60.6. The number of rotatable bonds is 12. The van der Waals surface area contributed by atoms with E-state index in [-0.39, 0.29) is 36.3 Å². The van der Waals surface area contributed by atoms with Crippen molar-refractivity contribution in [3.05, 3.63) is 72.3 Å². The summed E-state index contributed by atoms with van der Waals surface area (Å²) < 4.78 is 0. The molecule has 1 aliphatic carbocycles. The molecule has 4 atom stereocenters. The van der Waals surface area contributed by atoms with Gasteiger partial charge in [0.2, 0.25) is 17.7 Å². The first-order valence-corrected chi connectivity index (χ1v) is 14.7. The topological polar surface area (TPSA) is 166 Å². The van der Waals surface area contributed by atoms with Gasteiger partial charge >= 0.3 is 0 Å². The standard InChI is InChI=1S/C32H35N7O4/c33-18-24(16-23-8-4-12-36-29(23)40)37-30(41)26(15-20-10-11-20)38-31(42)27(39-32(43)28-19-34-13-14-35-28)17-22-7-3-6-21-5-1-2-9-25(21)22/h1-3,5-7,9,13-14,19-20,23-24,26-27H,4,8,10-12,15-17H2,(H,36,40)(H,37,41)(H,38,42)(H,39,43). The molecular weight excluding hydrogens is 546 g/mol. The maximum atomic E-state index is 13.8. The summed E-state index contributed by atoms with van der Waals surface area (Å²) in [5.41, 5.74) is 0.922. The van der Waals surface area contributed by atoms with Crippen LogP contribution >= 0.6 is 0 Å². The number of hydrogen-bond acceptors (Lipinski definition) is 7. The summed E-state index contributed by atoms with van der Waals surface area (Å²) in [5.74, 6) is -1.74. The van der Waals surface area contributed by atoms with Gasteiger partial charge in [0.1, 0.15) is 23.8 Å². The van der Waals surface area contributed by atoms with Crippen LogP contribution in [0.15, 0.2) is 61.1 Å². The van der Waals surface area contributed by atoms with Crippen LogP contribution in [0, 0.1) is 23.2 Å². The molecule has 1 saturated carbocycles. The summed E-state index contributed by atoms with van der Waals surface area (Å²) in [7, 11) is 0. The molecule has 1 saturated heterocycles. The fourth-order valence-electron chi connectivity index (χ4n) is 5.50. The maximum Gasteiger partial charge on any atom is 0.272 e. The van der Waals surface area contributed by atoms with Crippen molar-refractivity contribution in [1.82, 2.24) is 31.2 Å². The van der Waals surface area contributed by atoms with Crippen LogP contribution in [0.3, 0.4) is 0 Å². The molecule has 1 aliphatic heterocycles. The Morgan fingerprint density at radius 2 is 1.74 bits per heavy atom. The van der Waals surface area contributed by atoms with E-state index in [0.717, 1.165) is 35.6 Å². The highest BCUT2D eigenvalue weighted by Crippen LogP contribution is 2.33. The van der Waals surface area contributed by atoms with E-state index in [2.05, 4.69) is 37.3 Å². The normalized spacial score (nSPS) is 18.4. The molecule has 0 spiro atoms. The number of fused-ring (bicyclic) bond motifs is 1. The predicted molar refractivity (Wildman–Crippen MR) is 158 cm³/mol. The van der Waals surface area contributed by atoms with Gasteiger partial charge in [-0.15, -0.1) is 0 Å². The highest BCUT2D eigenvalue weighted by molar-refractivity contribution is 5.97. The second kappa shape index (κ2) is 13.9. The van der Waals surface area contributed by atoms with Crippen molar-refractivity contribution in [3.63, 3.8) is 0 Å². The number of amides is 4. The van der Waals surface area contributed by atoms with Crippen LogP contribution in [0.4, 0.5) is 0 Å². The second-order valence-electron chi connectivity index (χ2n) is 11.3. The Hall–Kier alpha value is -4.85. The summed E-state index contributed by atoms with van der Waals surface area (Å²) in [6.45, 7) is 0.613. The van der Waals surface area contributed by atoms with E-state index in [1.54, 1.807) is 0 Å². The second-order valence-corrected chi connectivity index (χ2v) is 11.3. The Kier molecular flexibility index (Phi) is 9.56. The lowest BCUT2D eigenvalue weighted by atomic mass is 9.92. The van der Waals surface area contributed by atoms with Crippen LogP contribution in [0.25, 0.3) is 10.8 Å². The Morgan fingerprint density at radius 3 is 2.49 bits per heavy atom. The van der Waals surface area contributed by atoms with E-state index in [9.17, 15) is 24.4 Å². The SMILES string of the molecule is N#CC(CC1CCCNC1=O)NC(=O)C(CC1CC1)NC(=O)C(Cc1cccc2ccccc12)NC(=O)c1cnccn1. The molecule has 1 aromatic heterocycles. The molecule has 4 amide bonds. The van der Waals surface area contributed by atoms with Crippen LogP contribution in [-0.4, -0.2) is 58.3 Å². The maximum absolute atomic E-state index is 13.8. The van der Waals surface area contributed by atoms with E-state index in [1.807, 2.05) is 42.5 Å². The zero-order valence-corrected chi connectivity index (χ0v) is 23.8. The van der Waals surface area contributed by atoms with Crippen LogP contribution in [-0.2, 0) is 20.8 Å². The third-order valence-electron chi connectivity index (χ3n) is 8.01. The molecule has 4 N–H and O–H groups in total. The Balaban J connectivity index is 1.33. The number of nitrogens with one attached hydrogen (secondary N) is 4. The minimum absolute atomic E-state index is 0.0640. The van der Waals surface area contributed by atoms with Crippen LogP contribution < -0.4 is 21.3 Å². The summed E-state index contributed by atoms with van der Waals surface area (Å²) >= 11 is 0. The van der Waals surface area contributed by atoms with E-state index in [1.165, 1.54) is 18.6 Å². The fraction of sp³-hybridized carbons (Fsp3) is 0.406. The third kappa shape index (κ3) is 7.92. The number of benzene rings is 2. The fourth-order valence-corrected chi connectivity index (χ4v) is 5.50. The smallest absolute Gasteiger partial charge is 0.272 e. The van der Waals surface area contributed by atoms with Gasteiger partial charge in [-0.1, -0.05) is 55.3 Å². The van der Waals surface area contributed by atoms with E-state index in [4.69, 9.17) is 0 Å². The van der Waals surface area contributed by atoms with E-state index in [0.29, 0.717) is 19.4 Å². The highest BCUT2D eigenvalue weighted by Gasteiger charge is 2.34. The van der Waals surface area contributed by atoms with Gasteiger partial charge in [-0.05, 0) is 47.9 Å². The van der Waals surface area contributed by atoms with Crippen molar-refractivity contribution in [2.45, 2.75) is 63.1 Å². The first-order chi connectivity index (χ1) is 20.9.